The summed E-state index contributed by atoms with van der Waals surface area (Å²) in [6.07, 6.45) is -1.02. The second-order valence-electron chi connectivity index (χ2n) is 9.76. The van der Waals surface area contributed by atoms with E-state index in [0.717, 1.165) is 14.2 Å². The number of aliphatic hydroxyl groups excluding tert-OH is 2. The number of fused-ring (bicyclic) bond motifs is 2. The molecule has 2 atom stereocenters. The van der Waals surface area contributed by atoms with Crippen LogP contribution in [0.2, 0.25) is 0 Å². The Morgan fingerprint density at radius 2 is 1.07 bits per heavy atom. The number of ether oxygens (including phenoxy) is 8. The van der Waals surface area contributed by atoms with Crippen LogP contribution in [0.1, 0.15) is 35.8 Å². The third-order valence-electron chi connectivity index (χ3n) is 7.49. The van der Waals surface area contributed by atoms with Gasteiger partial charge in [0.15, 0.2) is 34.5 Å². The monoisotopic (exact) mass is 612 g/mol. The van der Waals surface area contributed by atoms with Gasteiger partial charge in [-0.3, -0.25) is 19.2 Å². The van der Waals surface area contributed by atoms with Crippen LogP contribution in [0.5, 0.6) is 34.5 Å². The summed E-state index contributed by atoms with van der Waals surface area (Å²) in [5.74, 6) is -7.06. The van der Waals surface area contributed by atoms with Gasteiger partial charge in [0, 0.05) is 11.8 Å². The highest BCUT2D eigenvalue weighted by Gasteiger charge is 2.44. The normalized spacial score (nSPS) is 16.5. The SMILES string of the molecule is COC(=O)C[C@H](C1=C(O)C(=O)C([C@H](CC(=O)OC)c2cc(OC)c3c(c2)OCO3)=C(O)C1=O)c1cc(OC)c2c(c1)OCO2. The van der Waals surface area contributed by atoms with Crippen molar-refractivity contribution < 1.29 is 67.3 Å². The first-order chi connectivity index (χ1) is 21.1. The highest BCUT2D eigenvalue weighted by Crippen LogP contribution is 2.49. The standard InChI is InChI=1S/C30H28O14/c1-37-17-5-13(7-19-29(17)43-11-41-19)15(9-21(31)39-3)23-25(33)27(35)24(28(36)26(23)34)16(10-22(32)40-4)14-6-18(38-2)30-20(8-14)42-12-44-30/h5-8,15-16,33,36H,9-12H2,1-4H3/t15-,16+. The maximum absolute atomic E-state index is 13.9. The lowest BCUT2D eigenvalue weighted by atomic mass is 9.75. The maximum atomic E-state index is 13.9. The van der Waals surface area contributed by atoms with Crippen molar-refractivity contribution in [3.8, 4) is 34.5 Å². The molecule has 44 heavy (non-hydrogen) atoms. The van der Waals surface area contributed by atoms with Crippen LogP contribution in [0.4, 0.5) is 0 Å². The number of carbonyl (C=O) groups is 4. The molecule has 5 rings (SSSR count). The van der Waals surface area contributed by atoms with E-state index >= 15 is 0 Å². The Morgan fingerprint density at radius 3 is 1.41 bits per heavy atom. The summed E-state index contributed by atoms with van der Waals surface area (Å²) < 4.78 is 42.1. The Labute approximate surface area is 250 Å². The number of carbonyl (C=O) groups excluding carboxylic acids is 4. The van der Waals surface area contributed by atoms with Crippen molar-refractivity contribution >= 4 is 23.5 Å². The fourth-order valence-electron chi connectivity index (χ4n) is 5.34. The molecule has 0 spiro atoms. The van der Waals surface area contributed by atoms with E-state index < -0.39 is 70.8 Å². The number of rotatable bonds is 10. The Morgan fingerprint density at radius 1 is 0.682 bits per heavy atom. The van der Waals surface area contributed by atoms with Crippen LogP contribution in [0.15, 0.2) is 46.9 Å². The molecular weight excluding hydrogens is 584 g/mol. The van der Waals surface area contributed by atoms with Crippen molar-refractivity contribution in [2.75, 3.05) is 42.0 Å². The van der Waals surface area contributed by atoms with Crippen LogP contribution in [0.25, 0.3) is 0 Å². The number of methoxy groups -OCH3 is 4. The summed E-state index contributed by atoms with van der Waals surface area (Å²) in [5, 5.41) is 22.6. The van der Waals surface area contributed by atoms with Crippen LogP contribution in [0, 0.1) is 0 Å². The van der Waals surface area contributed by atoms with E-state index in [4.69, 9.17) is 37.9 Å². The lowest BCUT2D eigenvalue weighted by Gasteiger charge is -2.28. The minimum atomic E-state index is -1.30. The zero-order chi connectivity index (χ0) is 31.7. The number of ketones is 2. The van der Waals surface area contributed by atoms with Gasteiger partial charge in [-0.15, -0.1) is 0 Å². The van der Waals surface area contributed by atoms with Crippen LogP contribution < -0.4 is 28.4 Å². The molecule has 0 saturated heterocycles. The smallest absolute Gasteiger partial charge is 0.306 e. The summed E-state index contributed by atoms with van der Waals surface area (Å²) in [4.78, 5) is 52.7. The van der Waals surface area contributed by atoms with E-state index in [2.05, 4.69) is 0 Å². The van der Waals surface area contributed by atoms with Gasteiger partial charge in [0.25, 0.3) is 0 Å². The highest BCUT2D eigenvalue weighted by atomic mass is 16.7. The predicted octanol–water partition coefficient (Wildman–Crippen LogP) is 2.93. The Bertz CT molecular complexity index is 1500. The second kappa shape index (κ2) is 12.1. The van der Waals surface area contributed by atoms with Gasteiger partial charge in [0.05, 0.1) is 52.4 Å². The van der Waals surface area contributed by atoms with Crippen molar-refractivity contribution in [2.24, 2.45) is 0 Å². The molecule has 2 aromatic carbocycles. The molecule has 0 fully saturated rings. The van der Waals surface area contributed by atoms with Gasteiger partial charge in [0.1, 0.15) is 0 Å². The lowest BCUT2D eigenvalue weighted by molar-refractivity contribution is -0.142. The largest absolute Gasteiger partial charge is 0.504 e. The third kappa shape index (κ3) is 5.18. The van der Waals surface area contributed by atoms with Gasteiger partial charge < -0.3 is 48.1 Å². The summed E-state index contributed by atoms with van der Waals surface area (Å²) in [6.45, 7) is -0.220. The molecule has 14 nitrogen and oxygen atoms in total. The Hall–Kier alpha value is -5.40. The van der Waals surface area contributed by atoms with Crippen LogP contribution >= 0.6 is 0 Å². The third-order valence-corrected chi connectivity index (χ3v) is 7.49. The minimum Gasteiger partial charge on any atom is -0.504 e. The summed E-state index contributed by atoms with van der Waals surface area (Å²) in [6, 6.07) is 5.83. The molecule has 2 aliphatic heterocycles. The second-order valence-corrected chi connectivity index (χ2v) is 9.76. The average Bonchev–Trinajstić information content (AvgIpc) is 3.71. The highest BCUT2D eigenvalue weighted by molar-refractivity contribution is 6.24. The van der Waals surface area contributed by atoms with Crippen molar-refractivity contribution in [3.63, 3.8) is 0 Å². The number of Topliss-reactive ketones (excluding diaryl/α,β-unsaturated/α-hetero) is 2. The molecule has 2 N–H and O–H groups in total. The minimum absolute atomic E-state index is 0.110. The first kappa shape index (κ1) is 30.1. The average molecular weight is 613 g/mol. The van der Waals surface area contributed by atoms with Crippen LogP contribution in [-0.4, -0.2) is 75.7 Å². The zero-order valence-corrected chi connectivity index (χ0v) is 24.1. The summed E-state index contributed by atoms with van der Waals surface area (Å²) >= 11 is 0. The number of allylic oxidation sites excluding steroid dienone is 2. The molecule has 232 valence electrons. The van der Waals surface area contributed by atoms with E-state index in [-0.39, 0.29) is 59.2 Å². The zero-order valence-electron chi connectivity index (χ0n) is 24.1. The number of benzene rings is 2. The molecule has 1 aliphatic carbocycles. The molecule has 0 aromatic heterocycles. The van der Waals surface area contributed by atoms with E-state index in [1.807, 2.05) is 0 Å². The van der Waals surface area contributed by atoms with Gasteiger partial charge >= 0.3 is 11.9 Å². The molecule has 2 heterocycles. The molecule has 0 bridgehead atoms. The Kier molecular flexibility index (Phi) is 8.25. The first-order valence-corrected chi connectivity index (χ1v) is 13.2. The number of hydrogen-bond acceptors (Lipinski definition) is 14. The first-order valence-electron chi connectivity index (χ1n) is 13.2. The fourth-order valence-corrected chi connectivity index (χ4v) is 5.34. The quantitative estimate of drug-likeness (QED) is 0.295. The van der Waals surface area contributed by atoms with Crippen LogP contribution in [0.3, 0.4) is 0 Å². The number of esters is 2. The lowest BCUT2D eigenvalue weighted by Crippen LogP contribution is -2.31. The predicted molar refractivity (Wildman–Crippen MR) is 146 cm³/mol. The molecule has 0 amide bonds. The van der Waals surface area contributed by atoms with E-state index in [1.54, 1.807) is 0 Å². The molecule has 0 saturated carbocycles. The molecule has 2 aromatic rings. The summed E-state index contributed by atoms with van der Waals surface area (Å²) in [7, 11) is 5.01. The van der Waals surface area contributed by atoms with Gasteiger partial charge in [-0.05, 0) is 35.4 Å². The van der Waals surface area contributed by atoms with Gasteiger partial charge in [0.2, 0.25) is 36.7 Å². The molecule has 14 heteroatoms. The van der Waals surface area contributed by atoms with Gasteiger partial charge in [-0.2, -0.15) is 0 Å². The summed E-state index contributed by atoms with van der Waals surface area (Å²) in [5.41, 5.74) is -0.686. The van der Waals surface area contributed by atoms with Crippen molar-refractivity contribution in [1.82, 2.24) is 0 Å². The van der Waals surface area contributed by atoms with Gasteiger partial charge in [-0.25, -0.2) is 0 Å². The molecular formula is C30H28O14. The topological polar surface area (TPSA) is 183 Å². The number of aliphatic hydroxyl groups is 2. The van der Waals surface area contributed by atoms with Crippen LogP contribution in [-0.2, 0) is 28.7 Å². The number of hydrogen-bond donors (Lipinski definition) is 2. The van der Waals surface area contributed by atoms with Crippen molar-refractivity contribution in [2.45, 2.75) is 24.7 Å². The molecule has 3 aliphatic rings. The van der Waals surface area contributed by atoms with E-state index in [0.29, 0.717) is 0 Å². The van der Waals surface area contributed by atoms with Crippen molar-refractivity contribution in [3.05, 3.63) is 58.1 Å². The Balaban J connectivity index is 1.63. The molecule has 0 radical (unpaired) electrons. The maximum Gasteiger partial charge on any atom is 0.306 e. The van der Waals surface area contributed by atoms with Crippen molar-refractivity contribution in [1.29, 1.82) is 0 Å². The fraction of sp³-hybridized carbons (Fsp3) is 0.333. The van der Waals surface area contributed by atoms with E-state index in [9.17, 15) is 29.4 Å². The van der Waals surface area contributed by atoms with Gasteiger partial charge in [-0.1, -0.05) is 0 Å². The van der Waals surface area contributed by atoms with E-state index in [1.165, 1.54) is 38.5 Å². The molecule has 0 unspecified atom stereocenters.